The van der Waals surface area contributed by atoms with Gasteiger partial charge in [0.15, 0.2) is 0 Å². The van der Waals surface area contributed by atoms with Crippen LogP contribution < -0.4 is 15.4 Å². The molecule has 5 aliphatic rings. The van der Waals surface area contributed by atoms with Crippen LogP contribution in [0, 0.1) is 5.92 Å². The van der Waals surface area contributed by atoms with Crippen molar-refractivity contribution in [2.75, 3.05) is 6.54 Å². The lowest BCUT2D eigenvalue weighted by Gasteiger charge is -2.30. The van der Waals surface area contributed by atoms with E-state index in [0.29, 0.717) is 25.7 Å². The van der Waals surface area contributed by atoms with Crippen molar-refractivity contribution in [2.45, 2.75) is 112 Å². The van der Waals surface area contributed by atoms with Gasteiger partial charge in [0.2, 0.25) is 21.8 Å². The summed E-state index contributed by atoms with van der Waals surface area (Å²) in [5.41, 5.74) is -0.649. The number of sulfonamides is 1. The van der Waals surface area contributed by atoms with E-state index < -0.39 is 68.7 Å². The number of nitrogens with one attached hydrogen (secondary N) is 3. The quantitative estimate of drug-likeness (QED) is 0.215. The SMILES string of the molecule is O=C(N[C@H]1CCCCC/C=C\[C@@H]2C[C@]2(C(=O)NS(=O)(=O)C2CC2)NC(=O)[C@@H]2C[C@@H](O/N=C/c3ccccc3)CN2C1=O)OC1CCC1. The van der Waals surface area contributed by atoms with Crippen LogP contribution in [0.15, 0.2) is 47.6 Å². The molecule has 3 saturated carbocycles. The van der Waals surface area contributed by atoms with E-state index in [1.807, 2.05) is 42.5 Å². The van der Waals surface area contributed by atoms with E-state index in [1.54, 1.807) is 6.21 Å². The van der Waals surface area contributed by atoms with Gasteiger partial charge >= 0.3 is 6.09 Å². The van der Waals surface area contributed by atoms with Crippen LogP contribution in [-0.4, -0.2) is 85.0 Å². The van der Waals surface area contributed by atoms with Gasteiger partial charge in [0.05, 0.1) is 18.0 Å². The fraction of sp³-hybridized carbons (Fsp3) is 0.606. The molecule has 3 N–H and O–H groups in total. The average molecular weight is 670 g/mol. The third kappa shape index (κ3) is 7.96. The molecule has 1 saturated heterocycles. The first-order chi connectivity index (χ1) is 22.6. The summed E-state index contributed by atoms with van der Waals surface area (Å²) < 4.78 is 33.1. The van der Waals surface area contributed by atoms with E-state index in [9.17, 15) is 27.6 Å². The summed E-state index contributed by atoms with van der Waals surface area (Å²) in [5.74, 6) is -2.22. The predicted octanol–water partition coefficient (Wildman–Crippen LogP) is 2.66. The van der Waals surface area contributed by atoms with Crippen molar-refractivity contribution in [3.8, 4) is 0 Å². The number of oxime groups is 1. The lowest BCUT2D eigenvalue weighted by atomic mass is 9.96. The van der Waals surface area contributed by atoms with Gasteiger partial charge in [0, 0.05) is 12.3 Å². The Hall–Kier alpha value is -3.94. The molecule has 1 aromatic carbocycles. The summed E-state index contributed by atoms with van der Waals surface area (Å²) in [4.78, 5) is 61.6. The minimum absolute atomic E-state index is 0.0253. The zero-order chi connectivity index (χ0) is 33.0. The van der Waals surface area contributed by atoms with E-state index in [2.05, 4.69) is 20.5 Å². The number of carbonyl (C=O) groups is 4. The van der Waals surface area contributed by atoms with Gasteiger partial charge in [-0.25, -0.2) is 13.2 Å². The molecule has 6 rings (SSSR count). The molecular formula is C33H43N5O8S. The van der Waals surface area contributed by atoms with E-state index >= 15 is 0 Å². The highest BCUT2D eigenvalue weighted by molar-refractivity contribution is 7.91. The van der Waals surface area contributed by atoms with Crippen LogP contribution in [0.2, 0.25) is 0 Å². The highest BCUT2D eigenvalue weighted by atomic mass is 32.2. The summed E-state index contributed by atoms with van der Waals surface area (Å²) >= 11 is 0. The molecule has 0 radical (unpaired) electrons. The van der Waals surface area contributed by atoms with Crippen LogP contribution in [-0.2, 0) is 34.0 Å². The Balaban J connectivity index is 1.24. The fourth-order valence-electron chi connectivity index (χ4n) is 6.37. The zero-order valence-corrected chi connectivity index (χ0v) is 27.2. The average Bonchev–Trinajstić information content (AvgIpc) is 3.95. The molecule has 2 heterocycles. The number of hydrogen-bond acceptors (Lipinski definition) is 9. The summed E-state index contributed by atoms with van der Waals surface area (Å²) in [6.45, 7) is 0.0253. The molecule has 0 unspecified atom stereocenters. The van der Waals surface area contributed by atoms with E-state index in [-0.39, 0.29) is 25.5 Å². The Morgan fingerprint density at radius 2 is 1.79 bits per heavy atom. The summed E-state index contributed by atoms with van der Waals surface area (Å²) in [6.07, 6.45) is 11.1. The molecule has 5 atom stereocenters. The van der Waals surface area contributed by atoms with Crippen LogP contribution in [0.3, 0.4) is 0 Å². The van der Waals surface area contributed by atoms with Gasteiger partial charge in [-0.15, -0.1) is 0 Å². The number of rotatable bonds is 8. The second-order valence-corrected chi connectivity index (χ2v) is 15.2. The van der Waals surface area contributed by atoms with Gasteiger partial charge in [-0.1, -0.05) is 60.5 Å². The molecule has 47 heavy (non-hydrogen) atoms. The fourth-order valence-corrected chi connectivity index (χ4v) is 7.73. The number of ether oxygens (including phenoxy) is 1. The maximum absolute atomic E-state index is 14.1. The topological polar surface area (TPSA) is 173 Å². The normalized spacial score (nSPS) is 30.9. The third-order valence-electron chi connectivity index (χ3n) is 9.67. The molecule has 4 amide bonds. The monoisotopic (exact) mass is 669 g/mol. The molecule has 0 aromatic heterocycles. The lowest BCUT2D eigenvalue weighted by molar-refractivity contribution is -0.141. The molecule has 2 aliphatic heterocycles. The summed E-state index contributed by atoms with van der Waals surface area (Å²) in [6, 6.07) is 7.34. The standard InChI is InChI=1S/C33H43N5O8S/c39-29-28-18-25(46-34-20-22-10-5-4-6-11-22)21-38(28)30(40)27(35-32(42)45-24-13-9-14-24)15-8-3-1-2-7-12-23-19-33(23,36-29)31(41)37-47(43,44)26-16-17-26/h4-7,10-12,20,23-28H,1-3,8-9,13-19,21H2,(H,35,42)(H,36,39)(H,37,41)/b12-7-,34-20+/t23-,25-,27+,28+,33+/m1/s1. The number of carbonyl (C=O) groups excluding carboxylic acids is 4. The highest BCUT2D eigenvalue weighted by Crippen LogP contribution is 2.46. The smallest absolute Gasteiger partial charge is 0.408 e. The molecule has 0 spiro atoms. The Morgan fingerprint density at radius 3 is 2.51 bits per heavy atom. The van der Waals surface area contributed by atoms with Crippen LogP contribution in [0.5, 0.6) is 0 Å². The van der Waals surface area contributed by atoms with Crippen molar-refractivity contribution in [3.05, 3.63) is 48.0 Å². The number of benzene rings is 1. The van der Waals surface area contributed by atoms with Gasteiger partial charge in [-0.2, -0.15) is 0 Å². The van der Waals surface area contributed by atoms with Crippen LogP contribution >= 0.6 is 0 Å². The zero-order valence-electron chi connectivity index (χ0n) is 26.3. The first-order valence-corrected chi connectivity index (χ1v) is 18.3. The minimum atomic E-state index is -3.85. The Kier molecular flexibility index (Phi) is 9.85. The number of fused-ring (bicyclic) bond motifs is 2. The first kappa shape index (κ1) is 33.0. The van der Waals surface area contributed by atoms with Crippen molar-refractivity contribution in [1.82, 2.24) is 20.3 Å². The number of allylic oxidation sites excluding steroid dienone is 1. The predicted molar refractivity (Wildman–Crippen MR) is 171 cm³/mol. The highest BCUT2D eigenvalue weighted by Gasteiger charge is 2.62. The Bertz CT molecular complexity index is 1510. The van der Waals surface area contributed by atoms with Crippen molar-refractivity contribution in [1.29, 1.82) is 0 Å². The van der Waals surface area contributed by atoms with Crippen molar-refractivity contribution in [2.24, 2.45) is 11.1 Å². The van der Waals surface area contributed by atoms with Crippen molar-refractivity contribution < 1.29 is 37.2 Å². The second-order valence-electron chi connectivity index (χ2n) is 13.3. The number of amides is 4. The molecule has 254 valence electrons. The van der Waals surface area contributed by atoms with E-state index in [4.69, 9.17) is 9.57 Å². The molecule has 4 fully saturated rings. The maximum atomic E-state index is 14.1. The van der Waals surface area contributed by atoms with Gasteiger partial charge in [0.25, 0.3) is 5.91 Å². The van der Waals surface area contributed by atoms with Crippen LogP contribution in [0.1, 0.15) is 82.6 Å². The molecule has 0 bridgehead atoms. The first-order valence-electron chi connectivity index (χ1n) is 16.7. The van der Waals surface area contributed by atoms with Gasteiger partial charge < -0.3 is 25.1 Å². The molecule has 3 aliphatic carbocycles. The van der Waals surface area contributed by atoms with Crippen molar-refractivity contribution >= 4 is 40.1 Å². The Morgan fingerprint density at radius 1 is 1.00 bits per heavy atom. The Labute approximate surface area is 274 Å². The third-order valence-corrected chi connectivity index (χ3v) is 11.5. The van der Waals surface area contributed by atoms with Crippen molar-refractivity contribution in [3.63, 3.8) is 0 Å². The van der Waals surface area contributed by atoms with Crippen LogP contribution in [0.4, 0.5) is 4.79 Å². The lowest BCUT2D eigenvalue weighted by Crippen LogP contribution is -2.58. The molecule has 1 aromatic rings. The van der Waals surface area contributed by atoms with Crippen LogP contribution in [0.25, 0.3) is 0 Å². The van der Waals surface area contributed by atoms with Gasteiger partial charge in [-0.05, 0) is 63.4 Å². The summed E-state index contributed by atoms with van der Waals surface area (Å²) in [5, 5.41) is 9.09. The second kappa shape index (κ2) is 14.0. The van der Waals surface area contributed by atoms with Gasteiger partial charge in [0.1, 0.15) is 29.8 Å². The molecular weight excluding hydrogens is 626 g/mol. The summed E-state index contributed by atoms with van der Waals surface area (Å²) in [7, 11) is -3.85. The van der Waals surface area contributed by atoms with E-state index in [0.717, 1.165) is 44.1 Å². The largest absolute Gasteiger partial charge is 0.446 e. The molecule has 14 heteroatoms. The maximum Gasteiger partial charge on any atom is 0.408 e. The number of alkyl carbamates (subject to hydrolysis) is 1. The minimum Gasteiger partial charge on any atom is -0.446 e. The number of nitrogens with zero attached hydrogens (tertiary/aromatic N) is 2. The van der Waals surface area contributed by atoms with E-state index in [1.165, 1.54) is 4.90 Å². The number of hydrogen-bond donors (Lipinski definition) is 3. The molecule has 13 nitrogen and oxygen atoms in total. The van der Waals surface area contributed by atoms with Gasteiger partial charge in [-0.3, -0.25) is 19.1 Å².